The molecule has 0 aromatic heterocycles. The number of rotatable bonds is 2. The second-order valence-corrected chi connectivity index (χ2v) is 15.4. The van der Waals surface area contributed by atoms with E-state index in [4.69, 9.17) is 0 Å². The average Bonchev–Trinajstić information content (AvgIpc) is 1.49. The number of hydrogen-bond donors (Lipinski definition) is 0. The van der Waals surface area contributed by atoms with Gasteiger partial charge in [-0.25, -0.2) is 0 Å². The molecule has 0 nitrogen and oxygen atoms in total. The van der Waals surface area contributed by atoms with Crippen molar-refractivity contribution in [2.24, 2.45) is 10.8 Å². The summed E-state index contributed by atoms with van der Waals surface area (Å²) in [6.45, 7) is 14.3. The van der Waals surface area contributed by atoms with Crippen molar-refractivity contribution >= 4 is 21.8 Å². The Morgan fingerprint density at radius 1 is 0.750 bits per heavy atom. The molecular weight excluding hydrogens is 341 g/mol. The summed E-state index contributed by atoms with van der Waals surface area (Å²) in [6, 6.07) is 0. The minimum absolute atomic E-state index is 0.581. The third-order valence-corrected chi connectivity index (χ3v) is 13.1. The van der Waals surface area contributed by atoms with E-state index in [-0.39, 0.29) is 0 Å². The molecule has 0 bridgehead atoms. The Kier molecular flexibility index (Phi) is 4.72. The molecule has 0 aliphatic carbocycles. The molecule has 1 heteroatoms. The zero-order chi connectivity index (χ0) is 9.99. The molecule has 0 heterocycles. The van der Waals surface area contributed by atoms with Crippen LogP contribution in [0.15, 0.2) is 0 Å². The zero-order valence-electron chi connectivity index (χ0n) is 9.86. The van der Waals surface area contributed by atoms with Crippen LogP contribution in [0.4, 0.5) is 0 Å². The van der Waals surface area contributed by atoms with Gasteiger partial charge in [0.25, 0.3) is 0 Å². The van der Waals surface area contributed by atoms with E-state index in [0.717, 1.165) is 0 Å². The van der Waals surface area contributed by atoms with Gasteiger partial charge in [0.1, 0.15) is 0 Å². The van der Waals surface area contributed by atoms with Crippen LogP contribution >= 0.6 is 0 Å². The van der Waals surface area contributed by atoms with Gasteiger partial charge in [-0.1, -0.05) is 0 Å². The Labute approximate surface area is 86.8 Å². The summed E-state index contributed by atoms with van der Waals surface area (Å²) in [5, 5.41) is 0. The first kappa shape index (κ1) is 12.9. The molecule has 0 N–H and O–H groups in total. The van der Waals surface area contributed by atoms with E-state index in [0.29, 0.717) is 10.8 Å². The van der Waals surface area contributed by atoms with Crippen LogP contribution in [0, 0.1) is 10.8 Å². The third kappa shape index (κ3) is 8.98. The van der Waals surface area contributed by atoms with E-state index in [1.54, 1.807) is 8.26 Å². The molecule has 0 aliphatic heterocycles. The van der Waals surface area contributed by atoms with Gasteiger partial charge in [0.15, 0.2) is 0 Å². The molecule has 12 heavy (non-hydrogen) atoms. The van der Waals surface area contributed by atoms with Crippen molar-refractivity contribution in [3.05, 3.63) is 0 Å². The van der Waals surface area contributed by atoms with Crippen LogP contribution in [0.1, 0.15) is 41.5 Å². The maximum absolute atomic E-state index is 2.58. The van der Waals surface area contributed by atoms with Crippen molar-refractivity contribution in [3.8, 4) is 0 Å². The predicted molar refractivity (Wildman–Crippen MR) is 60.1 cm³/mol. The average molecular weight is 366 g/mol. The van der Waals surface area contributed by atoms with Gasteiger partial charge in [-0.15, -0.1) is 0 Å². The fourth-order valence-corrected chi connectivity index (χ4v) is 14.7. The van der Waals surface area contributed by atoms with E-state index in [2.05, 4.69) is 46.2 Å². The van der Waals surface area contributed by atoms with Gasteiger partial charge in [-0.2, -0.15) is 0 Å². The molecule has 0 aliphatic rings. The SMILES string of the molecule is [CH3][Bi]([CH2]C(C)(C)C)[CH2]C(C)(C)C. The molecule has 0 unspecified atom stereocenters. The molecule has 0 aromatic carbocycles. The van der Waals surface area contributed by atoms with Gasteiger partial charge < -0.3 is 0 Å². The van der Waals surface area contributed by atoms with Crippen LogP contribution in [0.3, 0.4) is 0 Å². The van der Waals surface area contributed by atoms with Gasteiger partial charge in [0.2, 0.25) is 0 Å². The third-order valence-electron chi connectivity index (χ3n) is 1.49. The Morgan fingerprint density at radius 2 is 1.00 bits per heavy atom. The second kappa shape index (κ2) is 4.40. The van der Waals surface area contributed by atoms with Crippen molar-refractivity contribution in [3.63, 3.8) is 0 Å². The fourth-order valence-electron chi connectivity index (χ4n) is 1.68. The fraction of sp³-hybridized carbons (Fsp3) is 1.00. The molecule has 0 amide bonds. The van der Waals surface area contributed by atoms with Gasteiger partial charge >= 0.3 is 87.0 Å². The molecule has 0 rings (SSSR count). The van der Waals surface area contributed by atoms with Crippen LogP contribution in [0.25, 0.3) is 0 Å². The van der Waals surface area contributed by atoms with E-state index < -0.39 is 21.8 Å². The van der Waals surface area contributed by atoms with Gasteiger partial charge in [-0.05, 0) is 0 Å². The van der Waals surface area contributed by atoms with E-state index >= 15 is 0 Å². The van der Waals surface area contributed by atoms with E-state index in [9.17, 15) is 0 Å². The Bertz CT molecular complexity index is 109. The standard InChI is InChI=1S/2C5H11.CH3.Bi/c2*1-5(2,3)4;;/h2*1H2,2-4H3;1H3;. The normalized spacial score (nSPS) is 14.0. The summed E-state index contributed by atoms with van der Waals surface area (Å²) in [7, 11) is 0. The summed E-state index contributed by atoms with van der Waals surface area (Å²) in [5.41, 5.74) is 1.16. The molecule has 0 spiro atoms. The first-order valence-corrected chi connectivity index (χ1v) is 13.2. The monoisotopic (exact) mass is 366 g/mol. The summed E-state index contributed by atoms with van der Waals surface area (Å²) in [6.07, 6.45) is 0. The molecule has 0 radical (unpaired) electrons. The van der Waals surface area contributed by atoms with Crippen LogP contribution in [-0.4, -0.2) is 21.8 Å². The summed E-state index contributed by atoms with van der Waals surface area (Å²) in [4.78, 5) is 0. The van der Waals surface area contributed by atoms with E-state index in [1.807, 2.05) is 0 Å². The van der Waals surface area contributed by atoms with Crippen LogP contribution in [0.2, 0.25) is 12.9 Å². The van der Waals surface area contributed by atoms with Crippen molar-refractivity contribution in [1.82, 2.24) is 0 Å². The van der Waals surface area contributed by atoms with Crippen molar-refractivity contribution < 1.29 is 0 Å². The zero-order valence-corrected chi connectivity index (χ0v) is 13.3. The second-order valence-electron chi connectivity index (χ2n) is 6.29. The molecule has 0 fully saturated rings. The predicted octanol–water partition coefficient (Wildman–Crippen LogP) is 4.20. The van der Waals surface area contributed by atoms with Crippen LogP contribution in [-0.2, 0) is 0 Å². The van der Waals surface area contributed by atoms with Crippen LogP contribution in [0.5, 0.6) is 0 Å². The van der Waals surface area contributed by atoms with Crippen molar-refractivity contribution in [1.29, 1.82) is 0 Å². The first-order valence-electron chi connectivity index (χ1n) is 4.79. The molecular formula is C11H25Bi. The molecule has 0 atom stereocenters. The number of hydrogen-bond acceptors (Lipinski definition) is 0. The van der Waals surface area contributed by atoms with Crippen molar-refractivity contribution in [2.45, 2.75) is 54.4 Å². The topological polar surface area (TPSA) is 0 Å². The van der Waals surface area contributed by atoms with E-state index in [1.165, 1.54) is 0 Å². The Morgan fingerprint density at radius 3 is 1.17 bits per heavy atom. The maximum atomic E-state index is 2.58. The Hall–Kier alpha value is 0.883. The summed E-state index contributed by atoms with van der Waals surface area (Å²) in [5.74, 6) is 0. The summed E-state index contributed by atoms with van der Waals surface area (Å²) < 4.78 is 5.66. The van der Waals surface area contributed by atoms with Crippen molar-refractivity contribution in [2.75, 3.05) is 0 Å². The summed E-state index contributed by atoms with van der Waals surface area (Å²) >= 11 is -1.06. The van der Waals surface area contributed by atoms with Crippen LogP contribution < -0.4 is 0 Å². The van der Waals surface area contributed by atoms with Gasteiger partial charge in [0, 0.05) is 0 Å². The molecule has 74 valence electrons. The van der Waals surface area contributed by atoms with Gasteiger partial charge in [-0.3, -0.25) is 0 Å². The molecule has 0 saturated carbocycles. The molecule has 0 aromatic rings. The molecule has 0 saturated heterocycles. The Balaban J connectivity index is 3.83. The minimum atomic E-state index is -1.06. The quantitative estimate of drug-likeness (QED) is 0.643. The van der Waals surface area contributed by atoms with Gasteiger partial charge in [0.05, 0.1) is 0 Å². The first-order chi connectivity index (χ1) is 5.10.